The van der Waals surface area contributed by atoms with Crippen molar-refractivity contribution in [3.05, 3.63) is 10.9 Å². The summed E-state index contributed by atoms with van der Waals surface area (Å²) in [5.41, 5.74) is 11.2. The van der Waals surface area contributed by atoms with Gasteiger partial charge in [0, 0.05) is 11.4 Å². The molecule has 0 spiro atoms. The number of amides is 1. The second kappa shape index (κ2) is 6.26. The Morgan fingerprint density at radius 2 is 2.14 bits per heavy atom. The molecule has 2 rings (SSSR count). The third kappa shape index (κ3) is 3.60. The SMILES string of the molecule is CCc1cc2c(N(CC(N)=O)CC(C)C)nc(N)nc2s1. The lowest BCUT2D eigenvalue weighted by atomic mass is 10.2. The van der Waals surface area contributed by atoms with Crippen LogP contribution in [0.5, 0.6) is 0 Å². The van der Waals surface area contributed by atoms with Gasteiger partial charge in [0.2, 0.25) is 11.9 Å². The quantitative estimate of drug-likeness (QED) is 0.847. The summed E-state index contributed by atoms with van der Waals surface area (Å²) < 4.78 is 0. The number of primary amides is 1. The van der Waals surface area contributed by atoms with Gasteiger partial charge in [-0.15, -0.1) is 11.3 Å². The van der Waals surface area contributed by atoms with Crippen LogP contribution >= 0.6 is 11.3 Å². The van der Waals surface area contributed by atoms with Crippen molar-refractivity contribution in [2.75, 3.05) is 23.7 Å². The van der Waals surface area contributed by atoms with E-state index in [1.54, 1.807) is 11.3 Å². The predicted molar refractivity (Wildman–Crippen MR) is 87.5 cm³/mol. The topological polar surface area (TPSA) is 98.1 Å². The zero-order chi connectivity index (χ0) is 15.6. The summed E-state index contributed by atoms with van der Waals surface area (Å²) in [5.74, 6) is 0.910. The first-order valence-electron chi connectivity index (χ1n) is 6.99. The Morgan fingerprint density at radius 1 is 1.43 bits per heavy atom. The number of aryl methyl sites for hydroxylation is 1. The number of nitrogens with two attached hydrogens (primary N) is 2. The van der Waals surface area contributed by atoms with E-state index >= 15 is 0 Å². The molecule has 114 valence electrons. The van der Waals surface area contributed by atoms with E-state index in [1.165, 1.54) is 4.88 Å². The minimum Gasteiger partial charge on any atom is -0.368 e. The van der Waals surface area contributed by atoms with Crippen LogP contribution in [0.3, 0.4) is 0 Å². The van der Waals surface area contributed by atoms with Crippen molar-refractivity contribution in [1.82, 2.24) is 9.97 Å². The van der Waals surface area contributed by atoms with Crippen molar-refractivity contribution < 1.29 is 4.79 Å². The van der Waals surface area contributed by atoms with Gasteiger partial charge in [-0.1, -0.05) is 20.8 Å². The van der Waals surface area contributed by atoms with Gasteiger partial charge in [0.1, 0.15) is 10.6 Å². The summed E-state index contributed by atoms with van der Waals surface area (Å²) in [6.07, 6.45) is 0.931. The van der Waals surface area contributed by atoms with Crippen LogP contribution in [-0.2, 0) is 11.2 Å². The van der Waals surface area contributed by atoms with Crippen LogP contribution < -0.4 is 16.4 Å². The fourth-order valence-electron chi connectivity index (χ4n) is 2.24. The summed E-state index contributed by atoms with van der Waals surface area (Å²) in [7, 11) is 0. The summed E-state index contributed by atoms with van der Waals surface area (Å²) >= 11 is 1.61. The molecule has 4 N–H and O–H groups in total. The largest absolute Gasteiger partial charge is 0.368 e. The van der Waals surface area contributed by atoms with Crippen LogP contribution in [0.4, 0.5) is 11.8 Å². The van der Waals surface area contributed by atoms with E-state index in [-0.39, 0.29) is 18.4 Å². The molecule has 0 bridgehead atoms. The second-order valence-electron chi connectivity index (χ2n) is 5.43. The maximum Gasteiger partial charge on any atom is 0.236 e. The highest BCUT2D eigenvalue weighted by Crippen LogP contribution is 2.32. The maximum atomic E-state index is 11.4. The molecule has 0 saturated heterocycles. The number of hydrogen-bond acceptors (Lipinski definition) is 6. The maximum absolute atomic E-state index is 11.4. The van der Waals surface area contributed by atoms with Crippen LogP contribution in [0.1, 0.15) is 25.6 Å². The van der Waals surface area contributed by atoms with Crippen molar-refractivity contribution >= 4 is 39.2 Å². The molecule has 6 nitrogen and oxygen atoms in total. The van der Waals surface area contributed by atoms with Crippen molar-refractivity contribution in [1.29, 1.82) is 0 Å². The van der Waals surface area contributed by atoms with Crippen LogP contribution in [0.2, 0.25) is 0 Å². The van der Waals surface area contributed by atoms with E-state index in [4.69, 9.17) is 11.5 Å². The highest BCUT2D eigenvalue weighted by atomic mass is 32.1. The molecule has 0 aromatic carbocycles. The normalized spacial score (nSPS) is 11.2. The number of nitrogen functional groups attached to an aromatic ring is 1. The van der Waals surface area contributed by atoms with Gasteiger partial charge in [-0.25, -0.2) is 4.98 Å². The van der Waals surface area contributed by atoms with Gasteiger partial charge in [0.25, 0.3) is 0 Å². The number of hydrogen-bond donors (Lipinski definition) is 2. The number of nitrogens with zero attached hydrogens (tertiary/aromatic N) is 3. The molecule has 0 aliphatic rings. The molecule has 2 heterocycles. The van der Waals surface area contributed by atoms with Gasteiger partial charge in [0.15, 0.2) is 0 Å². The van der Waals surface area contributed by atoms with Gasteiger partial charge in [-0.3, -0.25) is 4.79 Å². The third-order valence-corrected chi connectivity index (χ3v) is 4.19. The Kier molecular flexibility index (Phi) is 4.62. The van der Waals surface area contributed by atoms with Crippen LogP contribution in [-0.4, -0.2) is 29.0 Å². The predicted octanol–water partition coefficient (Wildman–Crippen LogP) is 1.78. The molecule has 0 aliphatic carbocycles. The third-order valence-electron chi connectivity index (χ3n) is 3.02. The summed E-state index contributed by atoms with van der Waals surface area (Å²) in [5, 5.41) is 0.938. The van der Waals surface area contributed by atoms with Gasteiger partial charge in [-0.05, 0) is 18.4 Å². The molecule has 0 aliphatic heterocycles. The zero-order valence-corrected chi connectivity index (χ0v) is 13.4. The first-order valence-corrected chi connectivity index (χ1v) is 7.81. The van der Waals surface area contributed by atoms with Crippen molar-refractivity contribution in [2.24, 2.45) is 11.7 Å². The smallest absolute Gasteiger partial charge is 0.236 e. The number of carbonyl (C=O) groups excluding carboxylic acids is 1. The molecular weight excluding hydrogens is 286 g/mol. The molecule has 0 saturated carbocycles. The lowest BCUT2D eigenvalue weighted by Gasteiger charge is -2.24. The molecule has 0 unspecified atom stereocenters. The number of aromatic nitrogens is 2. The minimum absolute atomic E-state index is 0.126. The number of anilines is 2. The Labute approximate surface area is 128 Å². The van der Waals surface area contributed by atoms with Gasteiger partial charge in [-0.2, -0.15) is 4.98 Å². The standard InChI is InChI=1S/C14H21N5OS/c1-4-9-5-10-12(17-14(16)18-13(10)21-9)19(6-8(2)3)7-11(15)20/h5,8H,4,6-7H2,1-3H3,(H2,15,20)(H2,16,17,18). The molecule has 21 heavy (non-hydrogen) atoms. The number of carbonyl (C=O) groups is 1. The first kappa shape index (κ1) is 15.5. The lowest BCUT2D eigenvalue weighted by molar-refractivity contribution is -0.116. The molecule has 0 fully saturated rings. The van der Waals surface area contributed by atoms with E-state index in [0.717, 1.165) is 16.6 Å². The van der Waals surface area contributed by atoms with Crippen LogP contribution in [0.25, 0.3) is 10.2 Å². The Balaban J connectivity index is 2.54. The lowest BCUT2D eigenvalue weighted by Crippen LogP contribution is -2.37. The monoisotopic (exact) mass is 307 g/mol. The van der Waals surface area contributed by atoms with E-state index < -0.39 is 0 Å². The average molecular weight is 307 g/mol. The van der Waals surface area contributed by atoms with Crippen molar-refractivity contribution in [3.63, 3.8) is 0 Å². The van der Waals surface area contributed by atoms with Gasteiger partial charge < -0.3 is 16.4 Å². The minimum atomic E-state index is -0.382. The zero-order valence-electron chi connectivity index (χ0n) is 12.6. The first-order chi connectivity index (χ1) is 9.90. The van der Waals surface area contributed by atoms with E-state index in [1.807, 2.05) is 4.90 Å². The van der Waals surface area contributed by atoms with Gasteiger partial charge >= 0.3 is 0 Å². The highest BCUT2D eigenvalue weighted by Gasteiger charge is 2.18. The highest BCUT2D eigenvalue weighted by molar-refractivity contribution is 7.18. The summed E-state index contributed by atoms with van der Waals surface area (Å²) in [4.78, 5) is 24.0. The Morgan fingerprint density at radius 3 is 2.71 bits per heavy atom. The number of rotatable bonds is 6. The molecule has 0 atom stereocenters. The molecule has 2 aromatic rings. The number of fused-ring (bicyclic) bond motifs is 1. The van der Waals surface area contributed by atoms with Crippen molar-refractivity contribution in [2.45, 2.75) is 27.2 Å². The molecule has 7 heteroatoms. The Bertz CT molecular complexity index is 652. The van der Waals surface area contributed by atoms with E-state index in [9.17, 15) is 4.79 Å². The molecule has 1 amide bonds. The van der Waals surface area contributed by atoms with Crippen molar-refractivity contribution in [3.8, 4) is 0 Å². The van der Waals surface area contributed by atoms with E-state index in [0.29, 0.717) is 18.3 Å². The Hall–Kier alpha value is -1.89. The average Bonchev–Trinajstić information content (AvgIpc) is 2.78. The fourth-order valence-corrected chi connectivity index (χ4v) is 3.21. The molecule has 0 radical (unpaired) electrons. The molecular formula is C14H21N5OS. The summed E-state index contributed by atoms with van der Waals surface area (Å²) in [6, 6.07) is 2.07. The van der Waals surface area contributed by atoms with Gasteiger partial charge in [0.05, 0.1) is 11.9 Å². The second-order valence-corrected chi connectivity index (χ2v) is 6.55. The number of thiophene rings is 1. The van der Waals surface area contributed by atoms with E-state index in [2.05, 4.69) is 36.8 Å². The fraction of sp³-hybridized carbons (Fsp3) is 0.500. The van der Waals surface area contributed by atoms with Crippen LogP contribution in [0.15, 0.2) is 6.07 Å². The molecule has 2 aromatic heterocycles. The summed E-state index contributed by atoms with van der Waals surface area (Å²) in [6.45, 7) is 7.07. The van der Waals surface area contributed by atoms with Crippen LogP contribution in [0, 0.1) is 5.92 Å².